The number of ether oxygens (including phenoxy) is 2. The minimum absolute atomic E-state index is 0.115. The lowest BCUT2D eigenvalue weighted by molar-refractivity contribution is -0.202. The third-order valence-corrected chi connectivity index (χ3v) is 4.50. The topological polar surface area (TPSA) is 30.5 Å². The van der Waals surface area contributed by atoms with Crippen LogP contribution in [-0.2, 0) is 9.47 Å². The molecule has 2 saturated carbocycles. The van der Waals surface area contributed by atoms with Crippen LogP contribution in [0, 0.1) is 5.92 Å². The first kappa shape index (κ1) is 11.9. The molecular formula is C14H25NO2. The van der Waals surface area contributed by atoms with Crippen LogP contribution in [0.3, 0.4) is 0 Å². The Hall–Kier alpha value is -0.120. The Morgan fingerprint density at radius 2 is 1.88 bits per heavy atom. The molecule has 17 heavy (non-hydrogen) atoms. The van der Waals surface area contributed by atoms with E-state index in [2.05, 4.69) is 12.2 Å². The zero-order valence-electron chi connectivity index (χ0n) is 10.9. The summed E-state index contributed by atoms with van der Waals surface area (Å²) in [5, 5.41) is 3.67. The van der Waals surface area contributed by atoms with Gasteiger partial charge in [-0.1, -0.05) is 6.92 Å². The summed E-state index contributed by atoms with van der Waals surface area (Å²) in [5.74, 6) is 0.880. The average molecular weight is 239 g/mol. The summed E-state index contributed by atoms with van der Waals surface area (Å²) in [5.41, 5.74) is 0.115. The van der Waals surface area contributed by atoms with E-state index >= 15 is 0 Å². The summed E-state index contributed by atoms with van der Waals surface area (Å²) in [7, 11) is 0. The van der Waals surface area contributed by atoms with Gasteiger partial charge in [0.1, 0.15) is 6.10 Å². The van der Waals surface area contributed by atoms with Crippen molar-refractivity contribution < 1.29 is 9.47 Å². The highest BCUT2D eigenvalue weighted by Crippen LogP contribution is 2.36. The van der Waals surface area contributed by atoms with Gasteiger partial charge in [0.05, 0.1) is 18.8 Å². The van der Waals surface area contributed by atoms with E-state index in [1.54, 1.807) is 0 Å². The third kappa shape index (κ3) is 3.01. The summed E-state index contributed by atoms with van der Waals surface area (Å²) in [6, 6.07) is 0.785. The molecule has 0 amide bonds. The van der Waals surface area contributed by atoms with Gasteiger partial charge in [-0.15, -0.1) is 0 Å². The van der Waals surface area contributed by atoms with Crippen molar-refractivity contribution in [1.82, 2.24) is 5.32 Å². The molecule has 3 fully saturated rings. The molecule has 1 saturated heterocycles. The number of hydrogen-bond acceptors (Lipinski definition) is 3. The van der Waals surface area contributed by atoms with Crippen molar-refractivity contribution >= 4 is 0 Å². The molecule has 1 heterocycles. The molecule has 3 rings (SSSR count). The second-order valence-corrected chi connectivity index (χ2v) is 6.30. The molecular weight excluding hydrogens is 214 g/mol. The zero-order valence-corrected chi connectivity index (χ0v) is 10.9. The molecule has 3 heteroatoms. The fourth-order valence-corrected chi connectivity index (χ4v) is 2.88. The second-order valence-electron chi connectivity index (χ2n) is 6.30. The lowest BCUT2D eigenvalue weighted by Gasteiger charge is -2.44. The van der Waals surface area contributed by atoms with Gasteiger partial charge >= 0.3 is 0 Å². The van der Waals surface area contributed by atoms with E-state index in [1.165, 1.54) is 38.5 Å². The molecule has 0 aromatic heterocycles. The molecule has 0 unspecified atom stereocenters. The van der Waals surface area contributed by atoms with Crippen molar-refractivity contribution in [3.63, 3.8) is 0 Å². The predicted octanol–water partition coefficient (Wildman–Crippen LogP) is 2.10. The molecule has 0 aromatic rings. The van der Waals surface area contributed by atoms with Crippen molar-refractivity contribution in [2.75, 3.05) is 19.8 Å². The Labute approximate surface area is 104 Å². The van der Waals surface area contributed by atoms with E-state index in [4.69, 9.17) is 9.47 Å². The van der Waals surface area contributed by atoms with Crippen LogP contribution >= 0.6 is 0 Å². The molecule has 0 bridgehead atoms. The summed E-state index contributed by atoms with van der Waals surface area (Å²) in [4.78, 5) is 0. The molecule has 0 atom stereocenters. The molecule has 0 spiro atoms. The molecule has 3 nitrogen and oxygen atoms in total. The number of nitrogens with one attached hydrogen (secondary N) is 1. The van der Waals surface area contributed by atoms with Crippen LogP contribution in [0.25, 0.3) is 0 Å². The van der Waals surface area contributed by atoms with Gasteiger partial charge in [0.25, 0.3) is 0 Å². The molecule has 0 aromatic carbocycles. The summed E-state index contributed by atoms with van der Waals surface area (Å²) < 4.78 is 11.6. The molecule has 1 N–H and O–H groups in total. The first-order chi connectivity index (χ1) is 8.26. The summed E-state index contributed by atoms with van der Waals surface area (Å²) in [6.45, 7) is 5.03. The largest absolute Gasteiger partial charge is 0.376 e. The minimum Gasteiger partial charge on any atom is -0.376 e. The van der Waals surface area contributed by atoms with Gasteiger partial charge in [0.15, 0.2) is 0 Å². The van der Waals surface area contributed by atoms with Crippen molar-refractivity contribution in [2.24, 2.45) is 5.92 Å². The SMILES string of the molecule is CC1CCC(CNC2CC2)(OC2COC2)CC1. The van der Waals surface area contributed by atoms with Gasteiger partial charge in [-0.3, -0.25) is 0 Å². The fourth-order valence-electron chi connectivity index (χ4n) is 2.88. The maximum Gasteiger partial charge on any atom is 0.105 e. The van der Waals surface area contributed by atoms with Gasteiger partial charge in [-0.2, -0.15) is 0 Å². The summed E-state index contributed by atoms with van der Waals surface area (Å²) in [6.07, 6.45) is 8.18. The highest BCUT2D eigenvalue weighted by atomic mass is 16.6. The first-order valence-corrected chi connectivity index (χ1v) is 7.25. The van der Waals surface area contributed by atoms with E-state index in [9.17, 15) is 0 Å². The van der Waals surface area contributed by atoms with E-state index in [-0.39, 0.29) is 5.60 Å². The maximum atomic E-state index is 6.35. The van der Waals surface area contributed by atoms with Gasteiger partial charge in [-0.25, -0.2) is 0 Å². The first-order valence-electron chi connectivity index (χ1n) is 7.25. The normalized spacial score (nSPS) is 39.0. The van der Waals surface area contributed by atoms with Gasteiger partial charge in [0.2, 0.25) is 0 Å². The summed E-state index contributed by atoms with van der Waals surface area (Å²) >= 11 is 0. The minimum atomic E-state index is 0.115. The Balaban J connectivity index is 1.56. The number of rotatable bonds is 5. The molecule has 98 valence electrons. The average Bonchev–Trinajstić information content (AvgIpc) is 3.09. The highest BCUT2D eigenvalue weighted by molar-refractivity contribution is 4.93. The molecule has 2 aliphatic carbocycles. The maximum absolute atomic E-state index is 6.35. The molecule has 1 aliphatic heterocycles. The van der Waals surface area contributed by atoms with Crippen LogP contribution in [0.15, 0.2) is 0 Å². The number of hydrogen-bond donors (Lipinski definition) is 1. The monoisotopic (exact) mass is 239 g/mol. The standard InChI is InChI=1S/C14H25NO2/c1-11-4-6-14(7-5-11,10-15-12-2-3-12)17-13-8-16-9-13/h11-13,15H,2-10H2,1H3. The van der Waals surface area contributed by atoms with Crippen molar-refractivity contribution in [3.05, 3.63) is 0 Å². The van der Waals surface area contributed by atoms with E-state index in [0.29, 0.717) is 6.10 Å². The van der Waals surface area contributed by atoms with Crippen molar-refractivity contribution in [3.8, 4) is 0 Å². The Kier molecular flexibility index (Phi) is 3.42. The molecule has 0 radical (unpaired) electrons. The molecule has 3 aliphatic rings. The van der Waals surface area contributed by atoms with Crippen LogP contribution in [-0.4, -0.2) is 37.5 Å². The second kappa shape index (κ2) is 4.87. The zero-order chi connectivity index (χ0) is 11.7. The van der Waals surface area contributed by atoms with Crippen LogP contribution in [0.4, 0.5) is 0 Å². The highest BCUT2D eigenvalue weighted by Gasteiger charge is 2.39. The smallest absolute Gasteiger partial charge is 0.105 e. The van der Waals surface area contributed by atoms with Crippen LogP contribution < -0.4 is 5.32 Å². The van der Waals surface area contributed by atoms with E-state index in [0.717, 1.165) is 31.7 Å². The Bertz CT molecular complexity index is 253. The lowest BCUT2D eigenvalue weighted by Crippen LogP contribution is -2.52. The third-order valence-electron chi connectivity index (χ3n) is 4.50. The Morgan fingerprint density at radius 1 is 1.18 bits per heavy atom. The van der Waals surface area contributed by atoms with Gasteiger partial charge < -0.3 is 14.8 Å². The fraction of sp³-hybridized carbons (Fsp3) is 1.00. The van der Waals surface area contributed by atoms with Crippen LogP contribution in [0.2, 0.25) is 0 Å². The lowest BCUT2D eigenvalue weighted by atomic mass is 9.79. The van der Waals surface area contributed by atoms with Crippen LogP contribution in [0.1, 0.15) is 45.4 Å². The predicted molar refractivity (Wildman–Crippen MR) is 67.1 cm³/mol. The van der Waals surface area contributed by atoms with E-state index < -0.39 is 0 Å². The van der Waals surface area contributed by atoms with Crippen LogP contribution in [0.5, 0.6) is 0 Å². The quantitative estimate of drug-likeness (QED) is 0.797. The van der Waals surface area contributed by atoms with Crippen molar-refractivity contribution in [1.29, 1.82) is 0 Å². The van der Waals surface area contributed by atoms with Gasteiger partial charge in [-0.05, 0) is 44.4 Å². The van der Waals surface area contributed by atoms with Gasteiger partial charge in [0, 0.05) is 12.6 Å². The van der Waals surface area contributed by atoms with E-state index in [1.807, 2.05) is 0 Å². The van der Waals surface area contributed by atoms with Crippen molar-refractivity contribution in [2.45, 2.75) is 63.2 Å². The Morgan fingerprint density at radius 3 is 2.41 bits per heavy atom.